The summed E-state index contributed by atoms with van der Waals surface area (Å²) >= 11 is 0. The number of ether oxygens (including phenoxy) is 1. The number of hydrogen-bond acceptors (Lipinski definition) is 5. The van der Waals surface area contributed by atoms with E-state index in [4.69, 9.17) is 4.74 Å². The number of carbonyl (C=O) groups excluding carboxylic acids is 2. The summed E-state index contributed by atoms with van der Waals surface area (Å²) < 4.78 is 21.2. The van der Waals surface area contributed by atoms with E-state index < -0.39 is 34.7 Å². The SMILES string of the molecule is CC(=O)OC[C@H]1C[C@@]1(F)Cn1cc(C)c(=O)n(C(=O)c2ccccc2)c1=O. The molecule has 0 radical (unpaired) electrons. The number of alkyl halides is 1. The highest BCUT2D eigenvalue weighted by Gasteiger charge is 2.56. The first-order valence-corrected chi connectivity index (χ1v) is 8.48. The molecule has 1 aromatic heterocycles. The first-order valence-electron chi connectivity index (χ1n) is 8.48. The van der Waals surface area contributed by atoms with Crippen molar-refractivity contribution in [1.29, 1.82) is 0 Å². The molecule has 8 heteroatoms. The van der Waals surface area contributed by atoms with Gasteiger partial charge in [0.05, 0.1) is 13.2 Å². The van der Waals surface area contributed by atoms with Crippen molar-refractivity contribution in [3.8, 4) is 0 Å². The molecule has 27 heavy (non-hydrogen) atoms. The molecular formula is C19H19FN2O5. The Balaban J connectivity index is 1.92. The van der Waals surface area contributed by atoms with Crippen molar-refractivity contribution in [2.75, 3.05) is 6.61 Å². The number of rotatable bonds is 5. The summed E-state index contributed by atoms with van der Waals surface area (Å²) in [7, 11) is 0. The predicted molar refractivity (Wildman–Crippen MR) is 94.4 cm³/mol. The molecule has 1 heterocycles. The lowest BCUT2D eigenvalue weighted by molar-refractivity contribution is -0.141. The third-order valence-corrected chi connectivity index (χ3v) is 4.63. The molecular weight excluding hydrogens is 355 g/mol. The van der Waals surface area contributed by atoms with E-state index >= 15 is 0 Å². The van der Waals surface area contributed by atoms with Gasteiger partial charge in [0.25, 0.3) is 11.5 Å². The van der Waals surface area contributed by atoms with Crippen LogP contribution in [0.1, 0.15) is 29.3 Å². The fourth-order valence-electron chi connectivity index (χ4n) is 2.99. The van der Waals surface area contributed by atoms with Crippen LogP contribution in [0.25, 0.3) is 0 Å². The van der Waals surface area contributed by atoms with Crippen molar-refractivity contribution in [3.63, 3.8) is 0 Å². The van der Waals surface area contributed by atoms with Gasteiger partial charge in [-0.3, -0.25) is 19.0 Å². The molecule has 0 aliphatic heterocycles. The molecule has 0 unspecified atom stereocenters. The van der Waals surface area contributed by atoms with E-state index in [1.807, 2.05) is 0 Å². The highest BCUT2D eigenvalue weighted by molar-refractivity contribution is 5.95. The molecule has 2 atom stereocenters. The third-order valence-electron chi connectivity index (χ3n) is 4.63. The number of esters is 1. The van der Waals surface area contributed by atoms with Gasteiger partial charge >= 0.3 is 11.7 Å². The van der Waals surface area contributed by atoms with Crippen LogP contribution in [0.15, 0.2) is 46.1 Å². The summed E-state index contributed by atoms with van der Waals surface area (Å²) in [5, 5.41) is 0. The summed E-state index contributed by atoms with van der Waals surface area (Å²) in [6, 6.07) is 7.93. The largest absolute Gasteiger partial charge is 0.465 e. The summed E-state index contributed by atoms with van der Waals surface area (Å²) in [5.74, 6) is -1.78. The zero-order chi connectivity index (χ0) is 19.8. The fraction of sp³-hybridized carbons (Fsp3) is 0.368. The molecule has 1 aromatic carbocycles. The first kappa shape index (κ1) is 18.8. The van der Waals surface area contributed by atoms with Crippen LogP contribution in [-0.4, -0.2) is 33.3 Å². The van der Waals surface area contributed by atoms with Crippen molar-refractivity contribution in [3.05, 3.63) is 68.5 Å². The fourth-order valence-corrected chi connectivity index (χ4v) is 2.99. The monoisotopic (exact) mass is 374 g/mol. The Morgan fingerprint density at radius 3 is 2.56 bits per heavy atom. The highest BCUT2D eigenvalue weighted by atomic mass is 19.1. The maximum Gasteiger partial charge on any atom is 0.338 e. The first-order chi connectivity index (χ1) is 12.7. The molecule has 1 fully saturated rings. The Bertz CT molecular complexity index is 1010. The Morgan fingerprint density at radius 2 is 1.93 bits per heavy atom. The second kappa shape index (κ2) is 6.94. The van der Waals surface area contributed by atoms with Crippen LogP contribution in [-0.2, 0) is 16.1 Å². The molecule has 7 nitrogen and oxygen atoms in total. The normalized spacial score (nSPS) is 20.9. The smallest absolute Gasteiger partial charge is 0.338 e. The van der Waals surface area contributed by atoms with E-state index in [1.165, 1.54) is 32.2 Å². The molecule has 0 saturated heterocycles. The van der Waals surface area contributed by atoms with Crippen molar-refractivity contribution in [2.24, 2.45) is 5.92 Å². The molecule has 0 spiro atoms. The highest BCUT2D eigenvalue weighted by Crippen LogP contribution is 2.48. The molecule has 2 aromatic rings. The van der Waals surface area contributed by atoms with Gasteiger partial charge in [0.2, 0.25) is 0 Å². The Hall–Kier alpha value is -3.03. The minimum atomic E-state index is -1.72. The molecule has 0 N–H and O–H groups in total. The lowest BCUT2D eigenvalue weighted by Gasteiger charge is -2.14. The number of hydrogen-bond donors (Lipinski definition) is 0. The Morgan fingerprint density at radius 1 is 1.26 bits per heavy atom. The molecule has 0 amide bonds. The van der Waals surface area contributed by atoms with E-state index in [-0.39, 0.29) is 30.7 Å². The van der Waals surface area contributed by atoms with Gasteiger partial charge < -0.3 is 4.74 Å². The lowest BCUT2D eigenvalue weighted by atomic mass is 10.2. The van der Waals surface area contributed by atoms with E-state index in [0.717, 1.165) is 4.57 Å². The Labute approximate surface area is 154 Å². The van der Waals surface area contributed by atoms with Gasteiger partial charge in [-0.15, -0.1) is 0 Å². The standard InChI is InChI=1S/C19H19FN2O5/c1-12-9-21(11-19(20)8-15(19)10-27-13(2)23)18(26)22(16(12)24)17(25)14-6-4-3-5-7-14/h3-7,9,15H,8,10-11H2,1-2H3/t15-,19-/m1/s1. The zero-order valence-electron chi connectivity index (χ0n) is 15.0. The van der Waals surface area contributed by atoms with E-state index in [1.54, 1.807) is 18.2 Å². The van der Waals surface area contributed by atoms with Gasteiger partial charge in [0.15, 0.2) is 0 Å². The molecule has 3 rings (SSSR count). The number of halogens is 1. The topological polar surface area (TPSA) is 87.4 Å². The number of aromatic nitrogens is 2. The van der Waals surface area contributed by atoms with Crippen LogP contribution in [0.2, 0.25) is 0 Å². The zero-order valence-corrected chi connectivity index (χ0v) is 15.0. The second-order valence-electron chi connectivity index (χ2n) is 6.77. The van der Waals surface area contributed by atoms with Gasteiger partial charge in [-0.2, -0.15) is 4.57 Å². The van der Waals surface area contributed by atoms with E-state index in [9.17, 15) is 23.6 Å². The van der Waals surface area contributed by atoms with Crippen molar-refractivity contribution in [1.82, 2.24) is 9.13 Å². The molecule has 142 valence electrons. The number of benzene rings is 1. The van der Waals surface area contributed by atoms with Crippen molar-refractivity contribution >= 4 is 11.9 Å². The van der Waals surface area contributed by atoms with Crippen molar-refractivity contribution in [2.45, 2.75) is 32.5 Å². The minimum absolute atomic E-state index is 0.0673. The summed E-state index contributed by atoms with van der Waals surface area (Å²) in [6.07, 6.45) is 1.39. The van der Waals surface area contributed by atoms with E-state index in [0.29, 0.717) is 4.57 Å². The number of carbonyl (C=O) groups is 2. The predicted octanol–water partition coefficient (Wildman–Crippen LogP) is 1.30. The van der Waals surface area contributed by atoms with Crippen LogP contribution in [0.4, 0.5) is 4.39 Å². The number of nitrogens with zero attached hydrogens (tertiary/aromatic N) is 2. The van der Waals surface area contributed by atoms with Gasteiger partial charge in [-0.25, -0.2) is 9.18 Å². The molecule has 1 saturated carbocycles. The van der Waals surface area contributed by atoms with Crippen LogP contribution in [0.3, 0.4) is 0 Å². The van der Waals surface area contributed by atoms with Crippen LogP contribution >= 0.6 is 0 Å². The van der Waals surface area contributed by atoms with Gasteiger partial charge in [-0.05, 0) is 25.5 Å². The summed E-state index contributed by atoms with van der Waals surface area (Å²) in [4.78, 5) is 48.5. The molecule has 1 aliphatic carbocycles. The average molecular weight is 374 g/mol. The van der Waals surface area contributed by atoms with Crippen LogP contribution in [0, 0.1) is 12.8 Å². The average Bonchev–Trinajstić information content (AvgIpc) is 3.28. The summed E-state index contributed by atoms with van der Waals surface area (Å²) in [5.41, 5.74) is -3.01. The summed E-state index contributed by atoms with van der Waals surface area (Å²) in [6.45, 7) is 2.31. The van der Waals surface area contributed by atoms with Gasteiger partial charge in [-0.1, -0.05) is 18.2 Å². The molecule has 1 aliphatic rings. The van der Waals surface area contributed by atoms with Crippen molar-refractivity contribution < 1.29 is 18.7 Å². The van der Waals surface area contributed by atoms with Gasteiger partial charge in [0, 0.05) is 30.2 Å². The number of aryl methyl sites for hydroxylation is 1. The van der Waals surface area contributed by atoms with Gasteiger partial charge in [0.1, 0.15) is 5.67 Å². The Kier molecular flexibility index (Phi) is 4.82. The maximum atomic E-state index is 14.8. The van der Waals surface area contributed by atoms with E-state index in [2.05, 4.69) is 0 Å². The minimum Gasteiger partial charge on any atom is -0.465 e. The van der Waals surface area contributed by atoms with Crippen LogP contribution in [0.5, 0.6) is 0 Å². The maximum absolute atomic E-state index is 14.8. The quantitative estimate of drug-likeness (QED) is 0.736. The third kappa shape index (κ3) is 3.74. The second-order valence-corrected chi connectivity index (χ2v) is 6.77. The molecule has 0 bridgehead atoms. The lowest BCUT2D eigenvalue weighted by Crippen LogP contribution is -2.45. The van der Waals surface area contributed by atoms with Crippen LogP contribution < -0.4 is 11.2 Å².